The molecule has 2 atom stereocenters. The second-order valence-electron chi connectivity index (χ2n) is 4.84. The van der Waals surface area contributed by atoms with Gasteiger partial charge in [0.15, 0.2) is 5.78 Å². The van der Waals surface area contributed by atoms with E-state index in [1.807, 2.05) is 12.1 Å². The maximum Gasteiger partial charge on any atom is 0.185 e. The van der Waals surface area contributed by atoms with Crippen LogP contribution < -0.4 is 0 Å². The quantitative estimate of drug-likeness (QED) is 0.781. The van der Waals surface area contributed by atoms with Crippen molar-refractivity contribution in [2.45, 2.75) is 39.0 Å². The Labute approximate surface area is 111 Å². The van der Waals surface area contributed by atoms with Crippen LogP contribution in [0.1, 0.15) is 49.5 Å². The minimum atomic E-state index is 0.180. The summed E-state index contributed by atoms with van der Waals surface area (Å²) in [6.07, 6.45) is 7.41. The molecule has 1 aliphatic rings. The van der Waals surface area contributed by atoms with Gasteiger partial charge >= 0.3 is 0 Å². The van der Waals surface area contributed by atoms with Crippen LogP contribution in [0.3, 0.4) is 0 Å². The van der Waals surface area contributed by atoms with Crippen LogP contribution >= 0.6 is 15.9 Å². The molecule has 2 nitrogen and oxygen atoms in total. The predicted molar refractivity (Wildman–Crippen MR) is 72.0 cm³/mol. The van der Waals surface area contributed by atoms with E-state index in [4.69, 9.17) is 0 Å². The molecule has 0 N–H and O–H groups in total. The monoisotopic (exact) mass is 295 g/mol. The molecule has 0 radical (unpaired) electrons. The molecule has 1 fully saturated rings. The van der Waals surface area contributed by atoms with E-state index >= 15 is 0 Å². The second kappa shape index (κ2) is 5.76. The average Bonchev–Trinajstić information content (AvgIpc) is 2.38. The largest absolute Gasteiger partial charge is 0.292 e. The van der Waals surface area contributed by atoms with Gasteiger partial charge in [-0.15, -0.1) is 0 Å². The van der Waals surface area contributed by atoms with Gasteiger partial charge in [0.05, 0.1) is 0 Å². The van der Waals surface area contributed by atoms with Crippen molar-refractivity contribution >= 4 is 21.7 Å². The Kier molecular flexibility index (Phi) is 4.32. The predicted octanol–water partition coefficient (Wildman–Crippen LogP) is 4.24. The molecule has 2 unspecified atom stereocenters. The highest BCUT2D eigenvalue weighted by molar-refractivity contribution is 9.10. The third-order valence-electron chi connectivity index (χ3n) is 3.72. The fraction of sp³-hybridized carbons (Fsp3) is 0.571. The number of halogens is 1. The lowest BCUT2D eigenvalue weighted by atomic mass is 9.77. The van der Waals surface area contributed by atoms with Crippen molar-refractivity contribution < 1.29 is 4.79 Å². The number of aromatic nitrogens is 1. The third-order valence-corrected chi connectivity index (χ3v) is 4.36. The first-order valence-electron chi connectivity index (χ1n) is 6.37. The van der Waals surface area contributed by atoms with E-state index < -0.39 is 0 Å². The molecule has 17 heavy (non-hydrogen) atoms. The van der Waals surface area contributed by atoms with E-state index in [0.717, 1.165) is 23.2 Å². The minimum absolute atomic E-state index is 0.180. The summed E-state index contributed by atoms with van der Waals surface area (Å²) in [6, 6.07) is 3.73. The molecular weight excluding hydrogens is 278 g/mol. The topological polar surface area (TPSA) is 30.0 Å². The summed E-state index contributed by atoms with van der Waals surface area (Å²) in [6.45, 7) is 2.22. The number of carbonyl (C=O) groups is 1. The van der Waals surface area contributed by atoms with Gasteiger partial charge in [-0.1, -0.05) is 26.2 Å². The Balaban J connectivity index is 2.12. The van der Waals surface area contributed by atoms with Crippen LogP contribution in [0.4, 0.5) is 0 Å². The Bertz CT molecular complexity index is 405. The molecule has 0 aliphatic heterocycles. The number of carbonyl (C=O) groups excluding carboxylic acids is 1. The molecule has 1 aliphatic carbocycles. The van der Waals surface area contributed by atoms with E-state index in [2.05, 4.69) is 27.8 Å². The SMILES string of the molecule is CCC1CCCC(C(=O)c2ncccc2Br)C1. The van der Waals surface area contributed by atoms with Crippen LogP contribution in [0.15, 0.2) is 22.8 Å². The Morgan fingerprint density at radius 2 is 2.35 bits per heavy atom. The van der Waals surface area contributed by atoms with Crippen LogP contribution in [0.2, 0.25) is 0 Å². The summed E-state index contributed by atoms with van der Waals surface area (Å²) in [5, 5.41) is 0. The number of hydrogen-bond acceptors (Lipinski definition) is 2. The van der Waals surface area contributed by atoms with Crippen molar-refractivity contribution in [2.75, 3.05) is 0 Å². The molecule has 0 aromatic carbocycles. The first-order chi connectivity index (χ1) is 8.22. The van der Waals surface area contributed by atoms with E-state index in [1.54, 1.807) is 6.20 Å². The molecule has 0 bridgehead atoms. The highest BCUT2D eigenvalue weighted by Gasteiger charge is 2.28. The van der Waals surface area contributed by atoms with Gasteiger partial charge in [-0.25, -0.2) is 0 Å². The van der Waals surface area contributed by atoms with Gasteiger partial charge in [0.2, 0.25) is 0 Å². The van der Waals surface area contributed by atoms with Crippen molar-refractivity contribution in [3.05, 3.63) is 28.5 Å². The van der Waals surface area contributed by atoms with Crippen LogP contribution in [0.25, 0.3) is 0 Å². The lowest BCUT2D eigenvalue weighted by Crippen LogP contribution is -2.23. The molecule has 0 spiro atoms. The lowest BCUT2D eigenvalue weighted by molar-refractivity contribution is 0.0856. The molecule has 1 aromatic rings. The number of Topliss-reactive ketones (excluding diaryl/α,β-unsaturated/α-hetero) is 1. The molecule has 1 aromatic heterocycles. The maximum atomic E-state index is 12.4. The first-order valence-corrected chi connectivity index (χ1v) is 7.16. The molecule has 0 amide bonds. The second-order valence-corrected chi connectivity index (χ2v) is 5.69. The highest BCUT2D eigenvalue weighted by atomic mass is 79.9. The van der Waals surface area contributed by atoms with Gasteiger partial charge < -0.3 is 0 Å². The molecule has 2 rings (SSSR count). The Morgan fingerprint density at radius 3 is 3.06 bits per heavy atom. The summed E-state index contributed by atoms with van der Waals surface area (Å²) in [5.41, 5.74) is 0.606. The standard InChI is InChI=1S/C14H18BrNO/c1-2-10-5-3-6-11(9-10)14(17)13-12(15)7-4-8-16-13/h4,7-8,10-11H,2-3,5-6,9H2,1H3. The summed E-state index contributed by atoms with van der Waals surface area (Å²) >= 11 is 3.41. The highest BCUT2D eigenvalue weighted by Crippen LogP contribution is 2.33. The summed E-state index contributed by atoms with van der Waals surface area (Å²) in [4.78, 5) is 16.6. The van der Waals surface area contributed by atoms with Crippen molar-refractivity contribution in [3.63, 3.8) is 0 Å². The Morgan fingerprint density at radius 1 is 1.53 bits per heavy atom. The zero-order valence-electron chi connectivity index (χ0n) is 10.2. The summed E-state index contributed by atoms with van der Waals surface area (Å²) in [7, 11) is 0. The van der Waals surface area contributed by atoms with E-state index in [9.17, 15) is 4.79 Å². The van der Waals surface area contributed by atoms with Crippen molar-refractivity contribution in [1.29, 1.82) is 0 Å². The maximum absolute atomic E-state index is 12.4. The van der Waals surface area contributed by atoms with Gasteiger partial charge in [-0.05, 0) is 46.8 Å². The molecule has 1 heterocycles. The fourth-order valence-corrected chi connectivity index (χ4v) is 3.11. The Hall–Kier alpha value is -0.700. The smallest absolute Gasteiger partial charge is 0.185 e. The molecular formula is C14H18BrNO. The van der Waals surface area contributed by atoms with E-state index in [1.165, 1.54) is 19.3 Å². The molecule has 3 heteroatoms. The number of rotatable bonds is 3. The van der Waals surface area contributed by atoms with Gasteiger partial charge in [-0.2, -0.15) is 0 Å². The summed E-state index contributed by atoms with van der Waals surface area (Å²) < 4.78 is 0.823. The average molecular weight is 296 g/mol. The van der Waals surface area contributed by atoms with Crippen molar-refractivity contribution in [3.8, 4) is 0 Å². The third kappa shape index (κ3) is 2.95. The zero-order valence-corrected chi connectivity index (χ0v) is 11.7. The normalized spacial score (nSPS) is 24.6. The van der Waals surface area contributed by atoms with Crippen LogP contribution in [0, 0.1) is 11.8 Å². The number of hydrogen-bond donors (Lipinski definition) is 0. The molecule has 92 valence electrons. The van der Waals surface area contributed by atoms with Crippen LogP contribution in [0.5, 0.6) is 0 Å². The van der Waals surface area contributed by atoms with Gasteiger partial charge in [0, 0.05) is 16.6 Å². The van der Waals surface area contributed by atoms with E-state index in [-0.39, 0.29) is 11.7 Å². The lowest BCUT2D eigenvalue weighted by Gasteiger charge is -2.27. The fourth-order valence-electron chi connectivity index (χ4n) is 2.66. The number of nitrogens with zero attached hydrogens (tertiary/aromatic N) is 1. The molecule has 1 saturated carbocycles. The zero-order chi connectivity index (χ0) is 12.3. The van der Waals surface area contributed by atoms with E-state index in [0.29, 0.717) is 5.69 Å². The van der Waals surface area contributed by atoms with Gasteiger partial charge in [0.1, 0.15) is 5.69 Å². The summed E-state index contributed by atoms with van der Waals surface area (Å²) in [5.74, 6) is 1.12. The van der Waals surface area contributed by atoms with Crippen molar-refractivity contribution in [1.82, 2.24) is 4.98 Å². The van der Waals surface area contributed by atoms with Crippen molar-refractivity contribution in [2.24, 2.45) is 11.8 Å². The van der Waals surface area contributed by atoms with Gasteiger partial charge in [0.25, 0.3) is 0 Å². The van der Waals surface area contributed by atoms with Gasteiger partial charge in [-0.3, -0.25) is 9.78 Å². The number of pyridine rings is 1. The molecule has 0 saturated heterocycles. The number of ketones is 1. The van der Waals surface area contributed by atoms with Crippen LogP contribution in [-0.2, 0) is 0 Å². The van der Waals surface area contributed by atoms with Crippen LogP contribution in [-0.4, -0.2) is 10.8 Å². The first kappa shape index (κ1) is 12.7. The minimum Gasteiger partial charge on any atom is -0.292 e.